The van der Waals surface area contributed by atoms with Crippen molar-refractivity contribution in [2.75, 3.05) is 23.3 Å². The summed E-state index contributed by atoms with van der Waals surface area (Å²) >= 11 is 0. The lowest BCUT2D eigenvalue weighted by Crippen LogP contribution is -2.21. The minimum atomic E-state index is -2.92. The third kappa shape index (κ3) is 3.95. The molecule has 2 heterocycles. The molecule has 2 aromatic rings. The summed E-state index contributed by atoms with van der Waals surface area (Å²) in [6.07, 6.45) is 3.55. The topological polar surface area (TPSA) is 67.3 Å². The number of alkyl halides is 2. The van der Waals surface area contributed by atoms with Crippen LogP contribution in [-0.2, 0) is 0 Å². The van der Waals surface area contributed by atoms with Gasteiger partial charge in [-0.25, -0.2) is 9.97 Å². The van der Waals surface area contributed by atoms with E-state index in [2.05, 4.69) is 24.9 Å². The number of aromatic nitrogens is 2. The van der Waals surface area contributed by atoms with Gasteiger partial charge >= 0.3 is 6.61 Å². The number of halogens is 2. The maximum absolute atomic E-state index is 12.3. The Hall–Kier alpha value is -2.77. The Balaban J connectivity index is 1.71. The Morgan fingerprint density at radius 1 is 1.21 bits per heavy atom. The minimum Gasteiger partial charge on any atom is -0.435 e. The maximum Gasteiger partial charge on any atom is 0.387 e. The third-order valence-corrected chi connectivity index (χ3v) is 3.63. The van der Waals surface area contributed by atoms with Gasteiger partial charge in [0, 0.05) is 30.9 Å². The zero-order valence-electron chi connectivity index (χ0n) is 12.8. The highest BCUT2D eigenvalue weighted by molar-refractivity contribution is 6.03. The van der Waals surface area contributed by atoms with Crippen LogP contribution in [0.1, 0.15) is 23.3 Å². The fourth-order valence-electron chi connectivity index (χ4n) is 2.54. The third-order valence-electron chi connectivity index (χ3n) is 3.63. The monoisotopic (exact) mass is 334 g/mol. The number of carbonyl (C=O) groups is 1. The smallest absolute Gasteiger partial charge is 0.387 e. The molecule has 1 aromatic heterocycles. The summed E-state index contributed by atoms with van der Waals surface area (Å²) < 4.78 is 28.8. The highest BCUT2D eigenvalue weighted by Gasteiger charge is 2.16. The first-order valence-electron chi connectivity index (χ1n) is 7.55. The molecular weight excluding hydrogens is 318 g/mol. The molecule has 1 amide bonds. The molecule has 0 bridgehead atoms. The lowest BCUT2D eigenvalue weighted by molar-refractivity contribution is -0.0497. The molecule has 0 unspecified atom stereocenters. The number of nitrogens with one attached hydrogen (secondary N) is 1. The summed E-state index contributed by atoms with van der Waals surface area (Å²) in [5, 5.41) is 2.62. The number of carbonyl (C=O) groups excluding carboxylic acids is 1. The van der Waals surface area contributed by atoms with Crippen LogP contribution in [0, 0.1) is 0 Å². The first-order valence-corrected chi connectivity index (χ1v) is 7.55. The molecule has 1 aliphatic heterocycles. The predicted molar refractivity (Wildman–Crippen MR) is 84.5 cm³/mol. The van der Waals surface area contributed by atoms with Crippen LogP contribution in [0.5, 0.6) is 5.75 Å². The van der Waals surface area contributed by atoms with Gasteiger partial charge in [-0.1, -0.05) is 6.07 Å². The fraction of sp³-hybridized carbons (Fsp3) is 0.312. The van der Waals surface area contributed by atoms with Gasteiger partial charge in [-0.05, 0) is 25.0 Å². The number of anilines is 2. The number of rotatable bonds is 5. The average Bonchev–Trinajstić information content (AvgIpc) is 3.09. The maximum atomic E-state index is 12.3. The number of benzene rings is 1. The summed E-state index contributed by atoms with van der Waals surface area (Å²) in [5.41, 5.74) is 0.562. The van der Waals surface area contributed by atoms with Gasteiger partial charge in [-0.2, -0.15) is 8.78 Å². The van der Waals surface area contributed by atoms with Crippen LogP contribution in [-0.4, -0.2) is 35.6 Å². The Kier molecular flexibility index (Phi) is 4.83. The average molecular weight is 334 g/mol. The molecule has 8 heteroatoms. The number of nitrogens with zero attached hydrogens (tertiary/aromatic N) is 3. The van der Waals surface area contributed by atoms with Crippen molar-refractivity contribution in [2.45, 2.75) is 19.5 Å². The van der Waals surface area contributed by atoms with E-state index < -0.39 is 12.5 Å². The molecule has 3 rings (SSSR count). The quantitative estimate of drug-likeness (QED) is 0.910. The summed E-state index contributed by atoms with van der Waals surface area (Å²) in [4.78, 5) is 22.6. The van der Waals surface area contributed by atoms with Gasteiger partial charge in [0.05, 0.1) is 0 Å². The van der Waals surface area contributed by atoms with Crippen molar-refractivity contribution in [1.29, 1.82) is 0 Å². The summed E-state index contributed by atoms with van der Waals surface area (Å²) in [6.45, 7) is -1.10. The minimum absolute atomic E-state index is 0.0248. The van der Waals surface area contributed by atoms with Crippen LogP contribution in [0.15, 0.2) is 36.7 Å². The molecule has 6 nitrogen and oxygen atoms in total. The number of amides is 1. The molecule has 0 aliphatic carbocycles. The number of hydrogen-bond donors (Lipinski definition) is 1. The lowest BCUT2D eigenvalue weighted by atomic mass is 10.3. The second-order valence-electron chi connectivity index (χ2n) is 5.32. The van der Waals surface area contributed by atoms with Crippen molar-refractivity contribution in [2.24, 2.45) is 0 Å². The van der Waals surface area contributed by atoms with E-state index in [1.807, 2.05) is 0 Å². The Bertz CT molecular complexity index is 721. The largest absolute Gasteiger partial charge is 0.435 e. The van der Waals surface area contributed by atoms with E-state index in [4.69, 9.17) is 0 Å². The molecule has 0 radical (unpaired) electrons. The highest BCUT2D eigenvalue weighted by atomic mass is 19.3. The normalized spacial score (nSPS) is 14.0. The van der Waals surface area contributed by atoms with Crippen LogP contribution >= 0.6 is 0 Å². The first kappa shape index (κ1) is 16.1. The summed E-state index contributed by atoms with van der Waals surface area (Å²) in [7, 11) is 0. The van der Waals surface area contributed by atoms with Crippen molar-refractivity contribution < 1.29 is 18.3 Å². The van der Waals surface area contributed by atoms with E-state index in [-0.39, 0.29) is 11.4 Å². The van der Waals surface area contributed by atoms with Gasteiger partial charge < -0.3 is 15.0 Å². The zero-order valence-corrected chi connectivity index (χ0v) is 12.8. The molecule has 1 aliphatic rings. The van der Waals surface area contributed by atoms with E-state index in [9.17, 15) is 13.6 Å². The van der Waals surface area contributed by atoms with E-state index in [1.165, 1.54) is 24.5 Å². The van der Waals surface area contributed by atoms with E-state index in [0.29, 0.717) is 11.5 Å². The molecule has 24 heavy (non-hydrogen) atoms. The molecule has 0 spiro atoms. The number of ether oxygens (including phenoxy) is 1. The fourth-order valence-corrected chi connectivity index (χ4v) is 2.54. The zero-order chi connectivity index (χ0) is 16.9. The molecule has 126 valence electrons. The molecule has 1 aromatic carbocycles. The van der Waals surface area contributed by atoms with E-state index in [1.54, 1.807) is 12.1 Å². The van der Waals surface area contributed by atoms with Crippen molar-refractivity contribution in [3.8, 4) is 5.75 Å². The van der Waals surface area contributed by atoms with Gasteiger partial charge in [0.15, 0.2) is 0 Å². The summed E-state index contributed by atoms with van der Waals surface area (Å²) in [6, 6.07) is 7.44. The SMILES string of the molecule is O=C(Nc1cccc(OC(F)F)c1)c1cc(N2CCCC2)ncn1. The Labute approximate surface area is 137 Å². The Morgan fingerprint density at radius 3 is 2.75 bits per heavy atom. The molecule has 1 saturated heterocycles. The molecular formula is C16H16F2N4O2. The highest BCUT2D eigenvalue weighted by Crippen LogP contribution is 2.21. The van der Waals surface area contributed by atoms with Gasteiger partial charge in [-0.15, -0.1) is 0 Å². The second-order valence-corrected chi connectivity index (χ2v) is 5.32. The van der Waals surface area contributed by atoms with E-state index >= 15 is 0 Å². The molecule has 1 fully saturated rings. The predicted octanol–water partition coefficient (Wildman–Crippen LogP) is 2.93. The number of hydrogen-bond acceptors (Lipinski definition) is 5. The van der Waals surface area contributed by atoms with E-state index in [0.717, 1.165) is 25.9 Å². The van der Waals surface area contributed by atoms with Crippen molar-refractivity contribution in [1.82, 2.24) is 9.97 Å². The molecule has 0 atom stereocenters. The first-order chi connectivity index (χ1) is 11.6. The van der Waals surface area contributed by atoms with Gasteiger partial charge in [0.2, 0.25) is 0 Å². The van der Waals surface area contributed by atoms with Crippen LogP contribution in [0.3, 0.4) is 0 Å². The van der Waals surface area contributed by atoms with Crippen LogP contribution < -0.4 is 15.0 Å². The lowest BCUT2D eigenvalue weighted by Gasteiger charge is -2.16. The molecule has 1 N–H and O–H groups in total. The van der Waals surface area contributed by atoms with Gasteiger partial charge in [0.1, 0.15) is 23.6 Å². The molecule has 0 saturated carbocycles. The summed E-state index contributed by atoms with van der Waals surface area (Å²) in [5.74, 6) is 0.248. The standard InChI is InChI=1S/C16H16F2N4O2/c17-16(18)24-12-5-3-4-11(8-12)21-15(23)13-9-14(20-10-19-13)22-6-1-2-7-22/h3-5,8-10,16H,1-2,6-7H2,(H,21,23). The van der Waals surface area contributed by atoms with Gasteiger partial charge in [0.25, 0.3) is 5.91 Å². The van der Waals surface area contributed by atoms with Gasteiger partial charge in [-0.3, -0.25) is 4.79 Å². The van der Waals surface area contributed by atoms with Crippen molar-refractivity contribution >= 4 is 17.4 Å². The van der Waals surface area contributed by atoms with Crippen molar-refractivity contribution in [3.05, 3.63) is 42.4 Å². The van der Waals surface area contributed by atoms with Crippen LogP contribution in [0.2, 0.25) is 0 Å². The van der Waals surface area contributed by atoms with Crippen LogP contribution in [0.4, 0.5) is 20.3 Å². The second kappa shape index (κ2) is 7.20. The Morgan fingerprint density at radius 2 is 2.00 bits per heavy atom. The van der Waals surface area contributed by atoms with Crippen molar-refractivity contribution in [3.63, 3.8) is 0 Å². The van der Waals surface area contributed by atoms with Crippen LogP contribution in [0.25, 0.3) is 0 Å².